The monoisotopic (exact) mass is 418 g/mol. The summed E-state index contributed by atoms with van der Waals surface area (Å²) in [4.78, 5) is 20.1. The van der Waals surface area contributed by atoms with Gasteiger partial charge in [0.25, 0.3) is 5.91 Å². The average Bonchev–Trinajstić information content (AvgIpc) is 2.78. The van der Waals surface area contributed by atoms with Crippen LogP contribution in [0.2, 0.25) is 0 Å². The minimum atomic E-state index is -4.75. The number of benzene rings is 1. The predicted octanol–water partition coefficient (Wildman–Crippen LogP) is 4.51. The number of aromatic nitrogens is 1. The molecule has 150 valence electrons. The molecule has 3 rings (SSSR count). The van der Waals surface area contributed by atoms with Gasteiger partial charge in [-0.3, -0.25) is 14.6 Å². The molecule has 1 aliphatic heterocycles. The van der Waals surface area contributed by atoms with E-state index in [-0.39, 0.29) is 16.4 Å². The van der Waals surface area contributed by atoms with Crippen molar-refractivity contribution in [2.45, 2.75) is 39.4 Å². The first-order chi connectivity index (χ1) is 13.4. The quantitative estimate of drug-likeness (QED) is 0.672. The Kier molecular flexibility index (Phi) is 4.87. The molecule has 0 atom stereocenters. The Bertz CT molecular complexity index is 1070. The van der Waals surface area contributed by atoms with Crippen LogP contribution in [0.4, 0.5) is 24.7 Å². The number of carbonyl (C=O) groups excluding carboxylic acids is 1. The molecule has 0 aliphatic carbocycles. The second-order valence-electron chi connectivity index (χ2n) is 7.25. The number of hydrogen-bond acceptors (Lipinski definition) is 4. The highest BCUT2D eigenvalue weighted by Crippen LogP contribution is 2.42. The van der Waals surface area contributed by atoms with Crippen molar-refractivity contribution in [3.63, 3.8) is 0 Å². The molecule has 29 heavy (non-hydrogen) atoms. The average molecular weight is 418 g/mol. The molecule has 1 aromatic heterocycles. The van der Waals surface area contributed by atoms with Gasteiger partial charge < -0.3 is 0 Å². The number of nitriles is 1. The predicted molar refractivity (Wildman–Crippen MR) is 107 cm³/mol. The summed E-state index contributed by atoms with van der Waals surface area (Å²) in [5.41, 5.74) is -2.08. The van der Waals surface area contributed by atoms with E-state index in [1.807, 2.05) is 6.92 Å². The minimum absolute atomic E-state index is 0.00504. The van der Waals surface area contributed by atoms with Gasteiger partial charge in [0.1, 0.15) is 11.4 Å². The van der Waals surface area contributed by atoms with E-state index < -0.39 is 28.7 Å². The summed E-state index contributed by atoms with van der Waals surface area (Å²) in [7, 11) is 0. The van der Waals surface area contributed by atoms with E-state index in [2.05, 4.69) is 4.98 Å². The lowest BCUT2D eigenvalue weighted by atomic mass is 9.98. The van der Waals surface area contributed by atoms with Crippen molar-refractivity contribution in [2.24, 2.45) is 0 Å². The summed E-state index contributed by atoms with van der Waals surface area (Å²) in [5, 5.41) is 9.12. The maximum absolute atomic E-state index is 13.6. The van der Waals surface area contributed by atoms with Crippen LogP contribution in [0.1, 0.15) is 36.1 Å². The number of pyridine rings is 1. The van der Waals surface area contributed by atoms with E-state index in [9.17, 15) is 18.0 Å². The van der Waals surface area contributed by atoms with Crippen LogP contribution in [0.3, 0.4) is 0 Å². The molecular formula is C20H17F3N4OS. The van der Waals surface area contributed by atoms with Gasteiger partial charge in [-0.25, -0.2) is 4.98 Å². The Morgan fingerprint density at radius 2 is 1.86 bits per heavy atom. The molecule has 0 bridgehead atoms. The van der Waals surface area contributed by atoms with Crippen molar-refractivity contribution in [1.82, 2.24) is 4.98 Å². The number of carbonyl (C=O) groups is 1. The molecule has 9 heteroatoms. The summed E-state index contributed by atoms with van der Waals surface area (Å²) in [6, 6.07) is 7.47. The van der Waals surface area contributed by atoms with Gasteiger partial charge in [-0.05, 0) is 75.3 Å². The van der Waals surface area contributed by atoms with Gasteiger partial charge in [0.15, 0.2) is 5.11 Å². The Morgan fingerprint density at radius 1 is 1.21 bits per heavy atom. The summed E-state index contributed by atoms with van der Waals surface area (Å²) in [6.07, 6.45) is -3.17. The smallest absolute Gasteiger partial charge is 0.288 e. The molecular weight excluding hydrogens is 401 g/mol. The molecule has 2 aromatic rings. The number of aryl methyl sites for hydroxylation is 1. The first-order valence-electron chi connectivity index (χ1n) is 8.63. The Balaban J connectivity index is 2.20. The third kappa shape index (κ3) is 3.23. The summed E-state index contributed by atoms with van der Waals surface area (Å²) in [5.74, 6) is -0.0510. The topological polar surface area (TPSA) is 60.2 Å². The summed E-state index contributed by atoms with van der Waals surface area (Å²) < 4.78 is 40.8. The fourth-order valence-corrected chi connectivity index (χ4v) is 3.94. The molecule has 1 amide bonds. The van der Waals surface area contributed by atoms with E-state index in [1.54, 1.807) is 38.2 Å². The maximum atomic E-state index is 13.6. The van der Waals surface area contributed by atoms with Gasteiger partial charge in [-0.2, -0.15) is 18.4 Å². The summed E-state index contributed by atoms with van der Waals surface area (Å²) in [6.45, 7) is 6.36. The zero-order chi connectivity index (χ0) is 21.7. The molecule has 0 saturated carbocycles. The van der Waals surface area contributed by atoms with Crippen LogP contribution in [0.25, 0.3) is 0 Å². The first-order valence-corrected chi connectivity index (χ1v) is 9.04. The van der Waals surface area contributed by atoms with Crippen molar-refractivity contribution >= 4 is 34.7 Å². The van der Waals surface area contributed by atoms with E-state index in [0.717, 1.165) is 16.5 Å². The van der Waals surface area contributed by atoms with Crippen LogP contribution in [0.15, 0.2) is 30.5 Å². The highest BCUT2D eigenvalue weighted by Gasteiger charge is 2.51. The molecule has 1 aliphatic rings. The van der Waals surface area contributed by atoms with Crippen molar-refractivity contribution in [2.75, 3.05) is 9.80 Å². The number of thiocarbonyl (C=S) groups is 1. The molecule has 1 saturated heterocycles. The number of alkyl halides is 3. The highest BCUT2D eigenvalue weighted by atomic mass is 32.1. The Labute approximate surface area is 171 Å². The molecule has 2 heterocycles. The number of amides is 1. The molecule has 0 unspecified atom stereocenters. The lowest BCUT2D eigenvalue weighted by Gasteiger charge is -2.28. The summed E-state index contributed by atoms with van der Waals surface area (Å²) >= 11 is 5.50. The third-order valence-corrected chi connectivity index (χ3v) is 5.24. The standard InChI is InChI=1S/C20H17F3N4OS/c1-11-7-8-25-15(9-11)27-18(29)26(17(28)19(27,3)4)14-6-5-13(10-24)16(12(14)2)20(21,22)23/h5-9H,1-4H3. The van der Waals surface area contributed by atoms with Gasteiger partial charge in [-0.1, -0.05) is 0 Å². The fraction of sp³-hybridized carbons (Fsp3) is 0.300. The number of rotatable bonds is 2. The van der Waals surface area contributed by atoms with Crippen LogP contribution in [-0.2, 0) is 11.0 Å². The van der Waals surface area contributed by atoms with Crippen molar-refractivity contribution in [3.8, 4) is 6.07 Å². The Hall–Kier alpha value is -2.99. The lowest BCUT2D eigenvalue weighted by Crippen LogP contribution is -2.44. The molecule has 1 fully saturated rings. The van der Waals surface area contributed by atoms with Crippen molar-refractivity contribution < 1.29 is 18.0 Å². The second-order valence-corrected chi connectivity index (χ2v) is 7.62. The zero-order valence-corrected chi connectivity index (χ0v) is 16.9. The fourth-order valence-electron chi connectivity index (χ4n) is 3.44. The largest absolute Gasteiger partial charge is 0.418 e. The van der Waals surface area contributed by atoms with Crippen LogP contribution >= 0.6 is 12.2 Å². The van der Waals surface area contributed by atoms with Crippen LogP contribution in [0.5, 0.6) is 0 Å². The van der Waals surface area contributed by atoms with Crippen LogP contribution in [0, 0.1) is 25.2 Å². The van der Waals surface area contributed by atoms with Crippen LogP contribution < -0.4 is 9.80 Å². The molecule has 0 spiro atoms. The zero-order valence-electron chi connectivity index (χ0n) is 16.1. The van der Waals surface area contributed by atoms with Gasteiger partial charge in [0.2, 0.25) is 0 Å². The molecule has 0 N–H and O–H groups in total. The normalized spacial score (nSPS) is 16.3. The second kappa shape index (κ2) is 6.81. The first kappa shape index (κ1) is 20.7. The SMILES string of the molecule is Cc1ccnc(N2C(=S)N(c3ccc(C#N)c(C(F)(F)F)c3C)C(=O)C2(C)C)c1. The van der Waals surface area contributed by atoms with E-state index in [4.69, 9.17) is 17.5 Å². The lowest BCUT2D eigenvalue weighted by molar-refractivity contribution is -0.138. The van der Waals surface area contributed by atoms with E-state index in [1.165, 1.54) is 17.9 Å². The highest BCUT2D eigenvalue weighted by molar-refractivity contribution is 7.81. The third-order valence-electron chi connectivity index (χ3n) is 4.88. The van der Waals surface area contributed by atoms with E-state index >= 15 is 0 Å². The molecule has 5 nitrogen and oxygen atoms in total. The number of nitrogens with zero attached hydrogens (tertiary/aromatic N) is 4. The number of hydrogen-bond donors (Lipinski definition) is 0. The number of halogens is 3. The van der Waals surface area contributed by atoms with Gasteiger partial charge in [0, 0.05) is 6.20 Å². The van der Waals surface area contributed by atoms with Gasteiger partial charge in [-0.15, -0.1) is 0 Å². The van der Waals surface area contributed by atoms with Crippen molar-refractivity contribution in [1.29, 1.82) is 5.26 Å². The molecule has 0 radical (unpaired) electrons. The van der Waals surface area contributed by atoms with Gasteiger partial charge >= 0.3 is 6.18 Å². The van der Waals surface area contributed by atoms with Gasteiger partial charge in [0.05, 0.1) is 22.9 Å². The Morgan fingerprint density at radius 3 is 2.41 bits per heavy atom. The minimum Gasteiger partial charge on any atom is -0.288 e. The van der Waals surface area contributed by atoms with E-state index in [0.29, 0.717) is 5.82 Å². The number of anilines is 2. The van der Waals surface area contributed by atoms with Crippen LogP contribution in [-0.4, -0.2) is 21.5 Å². The molecule has 1 aromatic carbocycles. The maximum Gasteiger partial charge on any atom is 0.418 e. The van der Waals surface area contributed by atoms with Crippen molar-refractivity contribution in [3.05, 3.63) is 52.7 Å².